The van der Waals surface area contributed by atoms with Crippen molar-refractivity contribution in [2.24, 2.45) is 5.92 Å². The molecular weight excluding hydrogens is 518 g/mol. The van der Waals surface area contributed by atoms with Crippen LogP contribution in [0.4, 0.5) is 0 Å². The van der Waals surface area contributed by atoms with Gasteiger partial charge in [0.2, 0.25) is 5.91 Å². The van der Waals surface area contributed by atoms with E-state index < -0.39 is 23.8 Å². The highest BCUT2D eigenvalue weighted by Crippen LogP contribution is 2.34. The van der Waals surface area contributed by atoms with Crippen LogP contribution in [0, 0.1) is 5.92 Å². The second-order valence-corrected chi connectivity index (χ2v) is 10.9. The number of hydrogen-bond acceptors (Lipinski definition) is 6. The summed E-state index contributed by atoms with van der Waals surface area (Å²) in [6.45, 7) is 3.37. The highest BCUT2D eigenvalue weighted by atomic mass is 16.5. The average Bonchev–Trinajstić information content (AvgIpc) is 3.27. The van der Waals surface area contributed by atoms with E-state index in [4.69, 9.17) is 4.74 Å². The van der Waals surface area contributed by atoms with Crippen molar-refractivity contribution >= 4 is 24.0 Å². The number of aldehydes is 1. The van der Waals surface area contributed by atoms with Crippen LogP contribution >= 0.6 is 0 Å². The number of nitrogens with one attached hydrogen (secondary N) is 1. The molecule has 3 amide bonds. The number of hydrogen-bond donors (Lipinski definition) is 1. The topological polar surface area (TPSA) is 96.0 Å². The van der Waals surface area contributed by atoms with Gasteiger partial charge in [0.15, 0.2) is 0 Å². The summed E-state index contributed by atoms with van der Waals surface area (Å²) >= 11 is 0. The minimum Gasteiger partial charge on any atom is -0.488 e. The molecule has 5 rings (SSSR count). The van der Waals surface area contributed by atoms with Crippen molar-refractivity contribution in [2.45, 2.75) is 57.7 Å². The molecular formula is C33H37N3O5. The zero-order valence-corrected chi connectivity index (χ0v) is 23.5. The normalized spacial score (nSPS) is 18.2. The van der Waals surface area contributed by atoms with Gasteiger partial charge in [-0.25, -0.2) is 0 Å². The van der Waals surface area contributed by atoms with Crippen molar-refractivity contribution in [2.75, 3.05) is 20.1 Å². The van der Waals surface area contributed by atoms with Crippen LogP contribution in [0.25, 0.3) is 0 Å². The molecule has 3 aliphatic rings. The number of allylic oxidation sites excluding steroid dienone is 4. The fourth-order valence-electron chi connectivity index (χ4n) is 6.03. The number of likely N-dealkylation sites (N-methyl/N-ethyl adjacent to an activating group) is 1. The molecule has 0 saturated carbocycles. The van der Waals surface area contributed by atoms with Crippen LogP contribution in [0.5, 0.6) is 5.75 Å². The Hall–Kier alpha value is -4.04. The van der Waals surface area contributed by atoms with Gasteiger partial charge in [-0.15, -0.1) is 0 Å². The SMILES string of the molecule is CNC(=O)C(CCC=O)N1C(=O)c2cccc(OCc3ccc(CN4CCC(C5=CC=CCC5)CC4)cc3)c2C1=O. The Morgan fingerprint density at radius 1 is 1.07 bits per heavy atom. The third-order valence-corrected chi connectivity index (χ3v) is 8.31. The summed E-state index contributed by atoms with van der Waals surface area (Å²) in [5.74, 6) is -0.626. The van der Waals surface area contributed by atoms with E-state index in [1.165, 1.54) is 38.3 Å². The van der Waals surface area contributed by atoms with E-state index in [1.54, 1.807) is 23.8 Å². The number of carbonyl (C=O) groups excluding carboxylic acids is 4. The third-order valence-electron chi connectivity index (χ3n) is 8.31. The Morgan fingerprint density at radius 2 is 1.83 bits per heavy atom. The summed E-state index contributed by atoms with van der Waals surface area (Å²) in [7, 11) is 1.43. The summed E-state index contributed by atoms with van der Waals surface area (Å²) in [5, 5.41) is 2.49. The largest absolute Gasteiger partial charge is 0.488 e. The highest BCUT2D eigenvalue weighted by Gasteiger charge is 2.44. The van der Waals surface area contributed by atoms with E-state index in [0.717, 1.165) is 36.0 Å². The number of likely N-dealkylation sites (tertiary alicyclic amines) is 1. The van der Waals surface area contributed by atoms with Crippen molar-refractivity contribution in [3.63, 3.8) is 0 Å². The molecule has 214 valence electrons. The van der Waals surface area contributed by atoms with Crippen LogP contribution < -0.4 is 10.1 Å². The quantitative estimate of drug-likeness (QED) is 0.325. The Morgan fingerprint density at radius 3 is 2.51 bits per heavy atom. The first-order valence-electron chi connectivity index (χ1n) is 14.4. The molecule has 1 aliphatic carbocycles. The predicted molar refractivity (Wildman–Crippen MR) is 155 cm³/mol. The summed E-state index contributed by atoms with van der Waals surface area (Å²) in [6.07, 6.45) is 12.4. The van der Waals surface area contributed by atoms with Crippen LogP contribution in [0.2, 0.25) is 0 Å². The maximum Gasteiger partial charge on any atom is 0.266 e. The van der Waals surface area contributed by atoms with Crippen molar-refractivity contribution in [3.05, 3.63) is 88.5 Å². The zero-order valence-electron chi connectivity index (χ0n) is 23.5. The maximum absolute atomic E-state index is 13.4. The van der Waals surface area contributed by atoms with E-state index in [9.17, 15) is 19.2 Å². The Balaban J connectivity index is 1.19. The second kappa shape index (κ2) is 13.1. The molecule has 8 nitrogen and oxygen atoms in total. The lowest BCUT2D eigenvalue weighted by Crippen LogP contribution is -2.48. The fraction of sp³-hybridized carbons (Fsp3) is 0.394. The van der Waals surface area contributed by atoms with Gasteiger partial charge >= 0.3 is 0 Å². The van der Waals surface area contributed by atoms with Gasteiger partial charge in [0.1, 0.15) is 24.7 Å². The molecule has 1 fully saturated rings. The number of fused-ring (bicyclic) bond motifs is 1. The first-order chi connectivity index (χ1) is 20.0. The van der Waals surface area contributed by atoms with Gasteiger partial charge in [0.05, 0.1) is 11.1 Å². The molecule has 2 aliphatic heterocycles. The third kappa shape index (κ3) is 6.33. The molecule has 0 spiro atoms. The standard InChI is InChI=1S/C33H37N3O5/c1-34-31(38)28(10-6-20-37)36-32(39)27-9-5-11-29(30(27)33(36)40)41-22-24-14-12-23(13-15-24)21-35-18-16-26(17-19-35)25-7-3-2-4-8-25/h2-3,5,7,9,11-15,20,26,28H,4,6,8,10,16-19,21-22H2,1H3,(H,34,38). The van der Waals surface area contributed by atoms with Gasteiger partial charge < -0.3 is 14.8 Å². The molecule has 8 heteroatoms. The van der Waals surface area contributed by atoms with E-state index in [-0.39, 0.29) is 30.6 Å². The minimum atomic E-state index is -1.06. The van der Waals surface area contributed by atoms with Crippen molar-refractivity contribution in [3.8, 4) is 5.75 Å². The lowest BCUT2D eigenvalue weighted by molar-refractivity contribution is -0.124. The van der Waals surface area contributed by atoms with Crippen LogP contribution in [-0.4, -0.2) is 60.0 Å². The number of benzene rings is 2. The van der Waals surface area contributed by atoms with Crippen molar-refractivity contribution in [1.82, 2.24) is 15.1 Å². The van der Waals surface area contributed by atoms with Crippen molar-refractivity contribution in [1.29, 1.82) is 0 Å². The van der Waals surface area contributed by atoms with Crippen LogP contribution in [0.3, 0.4) is 0 Å². The summed E-state index contributed by atoms with van der Waals surface area (Å²) < 4.78 is 6.03. The summed E-state index contributed by atoms with van der Waals surface area (Å²) in [4.78, 5) is 53.3. The number of nitrogens with zero attached hydrogens (tertiary/aromatic N) is 2. The second-order valence-electron chi connectivity index (χ2n) is 10.9. The number of carbonyl (C=O) groups is 4. The first-order valence-corrected chi connectivity index (χ1v) is 14.4. The number of ether oxygens (including phenoxy) is 1. The van der Waals surface area contributed by atoms with Crippen LogP contribution in [0.15, 0.2) is 66.3 Å². The Kier molecular flexibility index (Phi) is 9.09. The van der Waals surface area contributed by atoms with Gasteiger partial charge in [-0.1, -0.05) is 54.1 Å². The molecule has 1 saturated heterocycles. The summed E-state index contributed by atoms with van der Waals surface area (Å²) in [5.41, 5.74) is 4.16. The number of amides is 3. The molecule has 0 radical (unpaired) electrons. The van der Waals surface area contributed by atoms with E-state index >= 15 is 0 Å². The molecule has 1 N–H and O–H groups in total. The zero-order chi connectivity index (χ0) is 28.8. The molecule has 0 bridgehead atoms. The summed E-state index contributed by atoms with van der Waals surface area (Å²) in [6, 6.07) is 12.1. The monoisotopic (exact) mass is 555 g/mol. The van der Waals surface area contributed by atoms with E-state index in [2.05, 4.69) is 40.6 Å². The van der Waals surface area contributed by atoms with Gasteiger partial charge in [-0.05, 0) is 74.4 Å². The lowest BCUT2D eigenvalue weighted by Gasteiger charge is -2.33. The minimum absolute atomic E-state index is 0.0548. The van der Waals surface area contributed by atoms with Gasteiger partial charge in [-0.3, -0.25) is 24.2 Å². The van der Waals surface area contributed by atoms with Crippen molar-refractivity contribution < 1.29 is 23.9 Å². The molecule has 0 aromatic heterocycles. The van der Waals surface area contributed by atoms with E-state index in [0.29, 0.717) is 12.0 Å². The molecule has 41 heavy (non-hydrogen) atoms. The van der Waals surface area contributed by atoms with Crippen LogP contribution in [0.1, 0.15) is 70.4 Å². The molecule has 1 unspecified atom stereocenters. The number of imide groups is 1. The smallest absolute Gasteiger partial charge is 0.266 e. The lowest BCUT2D eigenvalue weighted by atomic mass is 9.85. The fourth-order valence-corrected chi connectivity index (χ4v) is 6.03. The molecule has 2 aromatic carbocycles. The molecule has 2 heterocycles. The predicted octanol–water partition coefficient (Wildman–Crippen LogP) is 4.44. The maximum atomic E-state index is 13.4. The van der Waals surface area contributed by atoms with E-state index in [1.807, 2.05) is 12.1 Å². The molecule has 1 atom stereocenters. The average molecular weight is 556 g/mol. The van der Waals surface area contributed by atoms with Gasteiger partial charge in [0, 0.05) is 20.0 Å². The number of piperidine rings is 1. The number of rotatable bonds is 11. The first kappa shape index (κ1) is 28.5. The Bertz CT molecular complexity index is 1360. The van der Waals surface area contributed by atoms with Crippen LogP contribution in [-0.2, 0) is 22.7 Å². The van der Waals surface area contributed by atoms with Gasteiger partial charge in [0.25, 0.3) is 11.8 Å². The molecule has 2 aromatic rings. The van der Waals surface area contributed by atoms with Gasteiger partial charge in [-0.2, -0.15) is 0 Å². The Labute approximate surface area is 241 Å². The highest BCUT2D eigenvalue weighted by molar-refractivity contribution is 6.24.